The van der Waals surface area contributed by atoms with E-state index in [4.69, 9.17) is 0 Å². The third kappa shape index (κ3) is 12.2. The van der Waals surface area contributed by atoms with Crippen molar-refractivity contribution in [1.29, 1.82) is 0 Å². The second-order valence-electron chi connectivity index (χ2n) is 4.19. The Balaban J connectivity index is 3.09. The van der Waals surface area contributed by atoms with Crippen molar-refractivity contribution < 1.29 is 0 Å². The van der Waals surface area contributed by atoms with Gasteiger partial charge in [0, 0.05) is 6.54 Å². The summed E-state index contributed by atoms with van der Waals surface area (Å²) in [6, 6.07) is 0. The van der Waals surface area contributed by atoms with Gasteiger partial charge in [-0.1, -0.05) is 26.1 Å². The van der Waals surface area contributed by atoms with Crippen LogP contribution in [0.15, 0.2) is 4.99 Å². The number of unbranched alkanes of at least 4 members (excludes halogenated alkanes) is 2. The molecule has 0 unspecified atom stereocenters. The quantitative estimate of drug-likeness (QED) is 0.359. The standard InChI is InChI=1S/C10H23NSSi/c1-5-11-9-7-6-8-10-12-13(2,3)4/h5H,6-10H2,1-4H3/b11-5+. The largest absolute Gasteiger partial charge is 0.298 e. The molecule has 0 aliphatic carbocycles. The van der Waals surface area contributed by atoms with Gasteiger partial charge in [-0.15, -0.1) is 0 Å². The van der Waals surface area contributed by atoms with Crippen LogP contribution in [0.25, 0.3) is 0 Å². The number of aliphatic imine (C=N–C) groups is 1. The van der Waals surface area contributed by atoms with E-state index in [-0.39, 0.29) is 0 Å². The monoisotopic (exact) mass is 217 g/mol. The van der Waals surface area contributed by atoms with Gasteiger partial charge in [0.05, 0.1) is 0 Å². The molecular formula is C10H23NSSi. The van der Waals surface area contributed by atoms with Gasteiger partial charge in [-0.05, 0) is 31.7 Å². The highest BCUT2D eigenvalue weighted by atomic mass is 32.4. The number of rotatable bonds is 7. The summed E-state index contributed by atoms with van der Waals surface area (Å²) < 4.78 is 0. The molecule has 0 heterocycles. The SMILES string of the molecule is C/C=N/CCCCCS[Si](C)(C)C. The minimum absolute atomic E-state index is 0.846. The molecule has 0 saturated heterocycles. The Bertz CT molecular complexity index is 140. The minimum Gasteiger partial charge on any atom is -0.298 e. The molecule has 0 spiro atoms. The topological polar surface area (TPSA) is 12.4 Å². The smallest absolute Gasteiger partial charge is 0.108 e. The molecule has 0 amide bonds. The Labute approximate surface area is 88.1 Å². The molecule has 0 aromatic heterocycles. The molecule has 0 N–H and O–H groups in total. The average molecular weight is 217 g/mol. The van der Waals surface area contributed by atoms with E-state index in [0.29, 0.717) is 0 Å². The lowest BCUT2D eigenvalue weighted by Crippen LogP contribution is -2.14. The Hall–Kier alpha value is 0.237. The molecule has 78 valence electrons. The first-order valence-corrected chi connectivity index (χ1v) is 10.4. The van der Waals surface area contributed by atoms with Crippen LogP contribution in [0.1, 0.15) is 26.2 Å². The molecule has 13 heavy (non-hydrogen) atoms. The highest BCUT2D eigenvalue weighted by Gasteiger charge is 2.12. The highest BCUT2D eigenvalue weighted by molar-refractivity contribution is 8.28. The van der Waals surface area contributed by atoms with Crippen molar-refractivity contribution >= 4 is 24.6 Å². The molecule has 3 heteroatoms. The van der Waals surface area contributed by atoms with Gasteiger partial charge in [0.2, 0.25) is 0 Å². The van der Waals surface area contributed by atoms with Gasteiger partial charge in [-0.25, -0.2) is 0 Å². The molecule has 0 rings (SSSR count). The van der Waals surface area contributed by atoms with Crippen molar-refractivity contribution in [2.24, 2.45) is 4.99 Å². The number of nitrogens with zero attached hydrogens (tertiary/aromatic N) is 1. The summed E-state index contributed by atoms with van der Waals surface area (Å²) in [7, 11) is -0.846. The van der Waals surface area contributed by atoms with Gasteiger partial charge in [-0.2, -0.15) is 11.2 Å². The second-order valence-corrected chi connectivity index (χ2v) is 13.6. The minimum atomic E-state index is -0.846. The zero-order valence-electron chi connectivity index (χ0n) is 9.47. The normalized spacial score (nSPS) is 12.6. The fraction of sp³-hybridized carbons (Fsp3) is 0.900. The van der Waals surface area contributed by atoms with Crippen molar-refractivity contribution in [1.82, 2.24) is 0 Å². The third-order valence-electron chi connectivity index (χ3n) is 1.65. The van der Waals surface area contributed by atoms with E-state index in [1.807, 2.05) is 13.1 Å². The predicted octanol–water partition coefficient (Wildman–Crippen LogP) is 3.82. The maximum atomic E-state index is 4.20. The lowest BCUT2D eigenvalue weighted by atomic mass is 10.2. The Morgan fingerprint density at radius 1 is 1.15 bits per heavy atom. The number of hydrogen-bond acceptors (Lipinski definition) is 2. The summed E-state index contributed by atoms with van der Waals surface area (Å²) in [5, 5.41) is 0. The first-order valence-electron chi connectivity index (χ1n) is 5.14. The van der Waals surface area contributed by atoms with E-state index in [2.05, 4.69) is 35.8 Å². The van der Waals surface area contributed by atoms with Gasteiger partial charge < -0.3 is 0 Å². The van der Waals surface area contributed by atoms with E-state index in [9.17, 15) is 0 Å². The lowest BCUT2D eigenvalue weighted by molar-refractivity contribution is 0.735. The van der Waals surface area contributed by atoms with Crippen LogP contribution in [0.2, 0.25) is 19.6 Å². The molecule has 0 aromatic rings. The van der Waals surface area contributed by atoms with Crippen LogP contribution in [0.3, 0.4) is 0 Å². The van der Waals surface area contributed by atoms with Crippen LogP contribution < -0.4 is 0 Å². The zero-order valence-corrected chi connectivity index (χ0v) is 11.3. The zero-order chi connectivity index (χ0) is 10.2. The molecule has 0 aromatic carbocycles. The van der Waals surface area contributed by atoms with Gasteiger partial charge >= 0.3 is 0 Å². The predicted molar refractivity (Wildman–Crippen MR) is 68.7 cm³/mol. The van der Waals surface area contributed by atoms with Crippen LogP contribution in [0, 0.1) is 0 Å². The summed E-state index contributed by atoms with van der Waals surface area (Å²) in [6.45, 7) is 10.3. The molecule has 1 nitrogen and oxygen atoms in total. The van der Waals surface area contributed by atoms with Crippen molar-refractivity contribution in [2.45, 2.75) is 45.8 Å². The molecule has 0 fully saturated rings. The van der Waals surface area contributed by atoms with E-state index in [0.717, 1.165) is 6.54 Å². The first-order chi connectivity index (χ1) is 6.06. The van der Waals surface area contributed by atoms with Crippen molar-refractivity contribution in [3.05, 3.63) is 0 Å². The lowest BCUT2D eigenvalue weighted by Gasteiger charge is -2.14. The van der Waals surface area contributed by atoms with Crippen LogP contribution in [-0.4, -0.2) is 25.7 Å². The summed E-state index contributed by atoms with van der Waals surface area (Å²) in [5.74, 6) is 1.35. The fourth-order valence-electron chi connectivity index (χ4n) is 0.989. The van der Waals surface area contributed by atoms with Crippen LogP contribution in [0.5, 0.6) is 0 Å². The third-order valence-corrected chi connectivity index (χ3v) is 6.22. The van der Waals surface area contributed by atoms with E-state index in [1.54, 1.807) is 0 Å². The molecule has 0 bridgehead atoms. The van der Waals surface area contributed by atoms with Gasteiger partial charge in [-0.3, -0.25) is 4.99 Å². The maximum Gasteiger partial charge on any atom is 0.108 e. The van der Waals surface area contributed by atoms with Crippen molar-refractivity contribution in [3.8, 4) is 0 Å². The molecule has 0 aliphatic heterocycles. The van der Waals surface area contributed by atoms with Crippen LogP contribution >= 0.6 is 11.2 Å². The van der Waals surface area contributed by atoms with Crippen LogP contribution in [-0.2, 0) is 0 Å². The summed E-state index contributed by atoms with van der Waals surface area (Å²) in [4.78, 5) is 4.20. The van der Waals surface area contributed by atoms with Gasteiger partial charge in [0.1, 0.15) is 7.22 Å². The summed E-state index contributed by atoms with van der Waals surface area (Å²) in [6.07, 6.45) is 5.87. The molecule has 0 radical (unpaired) electrons. The van der Waals surface area contributed by atoms with Crippen molar-refractivity contribution in [3.63, 3.8) is 0 Å². The molecular weight excluding hydrogens is 194 g/mol. The van der Waals surface area contributed by atoms with Gasteiger partial charge in [0.25, 0.3) is 0 Å². The van der Waals surface area contributed by atoms with E-state index in [1.165, 1.54) is 25.0 Å². The Morgan fingerprint density at radius 3 is 2.38 bits per heavy atom. The first kappa shape index (κ1) is 13.2. The number of hydrogen-bond donors (Lipinski definition) is 0. The average Bonchev–Trinajstić information content (AvgIpc) is 2.01. The van der Waals surface area contributed by atoms with Gasteiger partial charge in [0.15, 0.2) is 0 Å². The van der Waals surface area contributed by atoms with E-state index >= 15 is 0 Å². The molecule has 0 atom stereocenters. The van der Waals surface area contributed by atoms with Crippen molar-refractivity contribution in [2.75, 3.05) is 12.3 Å². The Kier molecular flexibility index (Phi) is 7.76. The highest BCUT2D eigenvalue weighted by Crippen LogP contribution is 2.20. The summed E-state index contributed by atoms with van der Waals surface area (Å²) >= 11 is 2.20. The van der Waals surface area contributed by atoms with Crippen LogP contribution in [0.4, 0.5) is 0 Å². The maximum absolute atomic E-state index is 4.20. The summed E-state index contributed by atoms with van der Waals surface area (Å²) in [5.41, 5.74) is 0. The fourth-order valence-corrected chi connectivity index (χ4v) is 4.22. The molecule has 0 saturated carbocycles. The van der Waals surface area contributed by atoms with E-state index < -0.39 is 7.22 Å². The second kappa shape index (κ2) is 7.62. The Morgan fingerprint density at radius 2 is 1.85 bits per heavy atom. The molecule has 0 aliphatic rings.